The van der Waals surface area contributed by atoms with Crippen LogP contribution >= 0.6 is 11.3 Å². The lowest BCUT2D eigenvalue weighted by Gasteiger charge is -2.05. The molecular formula is C13H14N2O2S. The summed E-state index contributed by atoms with van der Waals surface area (Å²) < 4.78 is 5.33. The maximum Gasteiger partial charge on any atom is 0.275 e. The van der Waals surface area contributed by atoms with Crippen molar-refractivity contribution in [2.75, 3.05) is 11.9 Å². The summed E-state index contributed by atoms with van der Waals surface area (Å²) in [5.74, 6) is 0.600. The second kappa shape index (κ2) is 5.64. The van der Waals surface area contributed by atoms with Gasteiger partial charge in [0.25, 0.3) is 5.91 Å². The number of carbonyl (C=O) groups is 1. The van der Waals surface area contributed by atoms with Crippen molar-refractivity contribution in [3.8, 4) is 5.75 Å². The second-order valence-electron chi connectivity index (χ2n) is 3.66. The number of rotatable bonds is 4. The van der Waals surface area contributed by atoms with Crippen molar-refractivity contribution in [3.05, 3.63) is 40.3 Å². The first-order valence-corrected chi connectivity index (χ1v) is 6.53. The minimum Gasteiger partial charge on any atom is -0.494 e. The fraction of sp³-hybridized carbons (Fsp3) is 0.231. The van der Waals surface area contributed by atoms with Gasteiger partial charge in [-0.3, -0.25) is 4.79 Å². The van der Waals surface area contributed by atoms with Crippen LogP contribution in [-0.2, 0) is 0 Å². The van der Waals surface area contributed by atoms with Crippen LogP contribution in [0.25, 0.3) is 0 Å². The standard InChI is InChI=1S/C13H14N2O2S/c1-3-17-11-6-4-10(5-7-11)15-13(16)12-8-18-9(2)14-12/h4-8H,3H2,1-2H3,(H,15,16). The molecule has 1 amide bonds. The topological polar surface area (TPSA) is 51.2 Å². The zero-order chi connectivity index (χ0) is 13.0. The Balaban J connectivity index is 2.03. The molecule has 0 bridgehead atoms. The Labute approximate surface area is 110 Å². The van der Waals surface area contributed by atoms with E-state index in [2.05, 4.69) is 10.3 Å². The van der Waals surface area contributed by atoms with Crippen molar-refractivity contribution in [3.63, 3.8) is 0 Å². The minimum atomic E-state index is -0.191. The van der Waals surface area contributed by atoms with Gasteiger partial charge in [-0.05, 0) is 38.1 Å². The number of ether oxygens (including phenoxy) is 1. The molecule has 0 radical (unpaired) electrons. The quantitative estimate of drug-likeness (QED) is 0.921. The molecule has 2 rings (SSSR count). The van der Waals surface area contributed by atoms with Crippen molar-refractivity contribution in [1.82, 2.24) is 4.98 Å². The average molecular weight is 262 g/mol. The summed E-state index contributed by atoms with van der Waals surface area (Å²) >= 11 is 1.46. The molecular weight excluding hydrogens is 248 g/mol. The Morgan fingerprint density at radius 1 is 1.39 bits per heavy atom. The van der Waals surface area contributed by atoms with E-state index < -0.39 is 0 Å². The second-order valence-corrected chi connectivity index (χ2v) is 4.73. The maximum absolute atomic E-state index is 11.8. The Hall–Kier alpha value is -1.88. The third kappa shape index (κ3) is 3.07. The molecule has 1 aromatic heterocycles. The number of benzene rings is 1. The third-order valence-electron chi connectivity index (χ3n) is 2.27. The van der Waals surface area contributed by atoms with Crippen LogP contribution in [-0.4, -0.2) is 17.5 Å². The van der Waals surface area contributed by atoms with Crippen LogP contribution in [0, 0.1) is 6.92 Å². The third-order valence-corrected chi connectivity index (χ3v) is 3.05. The summed E-state index contributed by atoms with van der Waals surface area (Å²) in [4.78, 5) is 16.0. The summed E-state index contributed by atoms with van der Waals surface area (Å²) in [7, 11) is 0. The van der Waals surface area contributed by atoms with Gasteiger partial charge in [-0.15, -0.1) is 11.3 Å². The lowest BCUT2D eigenvalue weighted by molar-refractivity contribution is 0.102. The molecule has 1 aromatic carbocycles. The van der Waals surface area contributed by atoms with Gasteiger partial charge in [-0.25, -0.2) is 4.98 Å². The van der Waals surface area contributed by atoms with E-state index in [1.807, 2.05) is 38.1 Å². The van der Waals surface area contributed by atoms with Gasteiger partial charge in [-0.1, -0.05) is 0 Å². The number of hydrogen-bond donors (Lipinski definition) is 1. The number of nitrogens with one attached hydrogen (secondary N) is 1. The van der Waals surface area contributed by atoms with Crippen molar-refractivity contribution in [2.24, 2.45) is 0 Å². The highest BCUT2D eigenvalue weighted by atomic mass is 32.1. The van der Waals surface area contributed by atoms with Crippen molar-refractivity contribution in [1.29, 1.82) is 0 Å². The van der Waals surface area contributed by atoms with Crippen LogP contribution in [0.3, 0.4) is 0 Å². The zero-order valence-electron chi connectivity index (χ0n) is 10.3. The van der Waals surface area contributed by atoms with E-state index in [4.69, 9.17) is 4.74 Å². The van der Waals surface area contributed by atoms with Crippen molar-refractivity contribution < 1.29 is 9.53 Å². The summed E-state index contributed by atoms with van der Waals surface area (Å²) in [6.45, 7) is 4.43. The molecule has 0 aliphatic heterocycles. The predicted molar refractivity (Wildman–Crippen MR) is 72.4 cm³/mol. The molecule has 4 nitrogen and oxygen atoms in total. The van der Waals surface area contributed by atoms with Crippen LogP contribution in [0.4, 0.5) is 5.69 Å². The zero-order valence-corrected chi connectivity index (χ0v) is 11.1. The molecule has 94 valence electrons. The fourth-order valence-corrected chi connectivity index (χ4v) is 2.06. The highest BCUT2D eigenvalue weighted by Crippen LogP contribution is 2.17. The first-order chi connectivity index (χ1) is 8.69. The number of carbonyl (C=O) groups excluding carboxylic acids is 1. The maximum atomic E-state index is 11.8. The Morgan fingerprint density at radius 3 is 2.67 bits per heavy atom. The molecule has 0 aliphatic rings. The van der Waals surface area contributed by atoms with Gasteiger partial charge in [-0.2, -0.15) is 0 Å². The number of thiazole rings is 1. The lowest BCUT2D eigenvalue weighted by atomic mass is 10.3. The summed E-state index contributed by atoms with van der Waals surface area (Å²) in [5, 5.41) is 5.42. The number of nitrogens with zero attached hydrogens (tertiary/aromatic N) is 1. The minimum absolute atomic E-state index is 0.191. The van der Waals surface area contributed by atoms with Gasteiger partial charge in [0.05, 0.1) is 11.6 Å². The molecule has 1 heterocycles. The largest absolute Gasteiger partial charge is 0.494 e. The monoisotopic (exact) mass is 262 g/mol. The fourth-order valence-electron chi connectivity index (χ4n) is 1.46. The normalized spacial score (nSPS) is 10.1. The molecule has 2 aromatic rings. The Bertz CT molecular complexity index is 534. The van der Waals surface area contributed by atoms with E-state index in [-0.39, 0.29) is 5.91 Å². The Morgan fingerprint density at radius 2 is 2.11 bits per heavy atom. The summed E-state index contributed by atoms with van der Waals surface area (Å²) in [5.41, 5.74) is 1.18. The van der Waals surface area contributed by atoms with Crippen LogP contribution in [0.5, 0.6) is 5.75 Å². The van der Waals surface area contributed by atoms with Crippen molar-refractivity contribution >= 4 is 22.9 Å². The lowest BCUT2D eigenvalue weighted by Crippen LogP contribution is -2.12. The highest BCUT2D eigenvalue weighted by Gasteiger charge is 2.09. The molecule has 0 atom stereocenters. The molecule has 0 aliphatic carbocycles. The number of aryl methyl sites for hydroxylation is 1. The van der Waals surface area contributed by atoms with E-state index in [0.29, 0.717) is 12.3 Å². The first-order valence-electron chi connectivity index (χ1n) is 5.65. The predicted octanol–water partition coefficient (Wildman–Crippen LogP) is 3.10. The Kier molecular flexibility index (Phi) is 3.94. The van der Waals surface area contributed by atoms with Gasteiger partial charge in [0.2, 0.25) is 0 Å². The van der Waals surface area contributed by atoms with Crippen LogP contribution in [0.15, 0.2) is 29.6 Å². The van der Waals surface area contributed by atoms with Crippen molar-refractivity contribution in [2.45, 2.75) is 13.8 Å². The number of amides is 1. The molecule has 5 heteroatoms. The smallest absolute Gasteiger partial charge is 0.275 e. The SMILES string of the molecule is CCOc1ccc(NC(=O)c2csc(C)n2)cc1. The van der Waals surface area contributed by atoms with Crippen LogP contribution in [0.2, 0.25) is 0 Å². The number of hydrogen-bond acceptors (Lipinski definition) is 4. The van der Waals surface area contributed by atoms with E-state index in [9.17, 15) is 4.79 Å². The van der Waals surface area contributed by atoms with Crippen LogP contribution < -0.4 is 10.1 Å². The summed E-state index contributed by atoms with van der Waals surface area (Å²) in [6.07, 6.45) is 0. The van der Waals surface area contributed by atoms with E-state index in [1.54, 1.807) is 5.38 Å². The molecule has 0 saturated heterocycles. The molecule has 0 saturated carbocycles. The molecule has 0 unspecified atom stereocenters. The van der Waals surface area contributed by atoms with Gasteiger partial charge in [0.15, 0.2) is 0 Å². The van der Waals surface area contributed by atoms with Gasteiger partial charge in [0, 0.05) is 11.1 Å². The first kappa shape index (κ1) is 12.6. The van der Waals surface area contributed by atoms with Gasteiger partial charge < -0.3 is 10.1 Å². The van der Waals surface area contributed by atoms with E-state index in [1.165, 1.54) is 11.3 Å². The van der Waals surface area contributed by atoms with Crippen LogP contribution in [0.1, 0.15) is 22.4 Å². The molecule has 18 heavy (non-hydrogen) atoms. The average Bonchev–Trinajstić information content (AvgIpc) is 2.79. The van der Waals surface area contributed by atoms with Gasteiger partial charge >= 0.3 is 0 Å². The van der Waals surface area contributed by atoms with E-state index >= 15 is 0 Å². The van der Waals surface area contributed by atoms with E-state index in [0.717, 1.165) is 16.4 Å². The summed E-state index contributed by atoms with van der Waals surface area (Å²) in [6, 6.07) is 7.26. The molecule has 0 spiro atoms. The molecule has 1 N–H and O–H groups in total. The number of anilines is 1. The molecule has 0 fully saturated rings. The highest BCUT2D eigenvalue weighted by molar-refractivity contribution is 7.09. The number of aromatic nitrogens is 1. The van der Waals surface area contributed by atoms with Gasteiger partial charge in [0.1, 0.15) is 11.4 Å².